The predicted octanol–water partition coefficient (Wildman–Crippen LogP) is 2.22. The second-order valence-electron chi connectivity index (χ2n) is 4.70. The van der Waals surface area contributed by atoms with Crippen LogP contribution in [0, 0.1) is 11.3 Å². The Kier molecular flexibility index (Phi) is 3.53. The van der Waals surface area contributed by atoms with E-state index in [4.69, 9.17) is 16.3 Å². The number of nitriles is 1. The number of hydrogen-bond donors (Lipinski definition) is 1. The van der Waals surface area contributed by atoms with E-state index in [2.05, 4.69) is 4.98 Å². The van der Waals surface area contributed by atoms with Gasteiger partial charge in [0.2, 0.25) is 0 Å². The summed E-state index contributed by atoms with van der Waals surface area (Å²) in [6, 6.07) is 6.12. The summed E-state index contributed by atoms with van der Waals surface area (Å²) in [5.74, 6) is 0.0138. The van der Waals surface area contributed by atoms with Crippen LogP contribution in [0.25, 0.3) is 0 Å². The number of aliphatic hydroxyl groups is 1. The average molecular weight is 337 g/mol. The minimum absolute atomic E-state index is 0.00829. The van der Waals surface area contributed by atoms with Gasteiger partial charge in [0.05, 0.1) is 28.0 Å². The van der Waals surface area contributed by atoms with Gasteiger partial charge >= 0.3 is 0 Å². The molecule has 2 heterocycles. The smallest absolute Gasteiger partial charge is 0.181 e. The number of ether oxygens (including phenoxy) is 1. The van der Waals surface area contributed by atoms with Gasteiger partial charge in [0.15, 0.2) is 9.84 Å². The predicted molar refractivity (Wildman–Crippen MR) is 77.5 cm³/mol. The summed E-state index contributed by atoms with van der Waals surface area (Å²) < 4.78 is 29.4. The van der Waals surface area contributed by atoms with E-state index in [9.17, 15) is 18.8 Å². The Balaban J connectivity index is 2.12. The van der Waals surface area contributed by atoms with Crippen molar-refractivity contribution in [1.29, 1.82) is 5.26 Å². The van der Waals surface area contributed by atoms with Crippen LogP contribution in [0.5, 0.6) is 11.5 Å². The molecule has 0 saturated heterocycles. The zero-order chi connectivity index (χ0) is 15.9. The number of rotatable bonds is 2. The third-order valence-electron chi connectivity index (χ3n) is 3.23. The summed E-state index contributed by atoms with van der Waals surface area (Å²) in [5.41, 5.74) is 0.0704. The first-order valence-corrected chi connectivity index (χ1v) is 8.21. The highest BCUT2D eigenvalue weighted by molar-refractivity contribution is 7.91. The standard InChI is InChI=1S/C14H9ClN2O4S/c15-8-3-9(6-17-5-8)21-12-1-2-13-14(10(12)4-16)11(18)7-22(13,19)20/h1-3,5-6,11,18H,7H2/t11-/m0/s1. The Morgan fingerprint density at radius 2 is 2.18 bits per heavy atom. The lowest BCUT2D eigenvalue weighted by Crippen LogP contribution is -2.02. The molecular formula is C14H9ClN2O4S. The fraction of sp³-hybridized carbons (Fsp3) is 0.143. The van der Waals surface area contributed by atoms with Gasteiger partial charge in [-0.1, -0.05) is 11.6 Å². The van der Waals surface area contributed by atoms with Crippen LogP contribution in [-0.2, 0) is 9.84 Å². The van der Waals surface area contributed by atoms with Crippen molar-refractivity contribution in [2.24, 2.45) is 0 Å². The van der Waals surface area contributed by atoms with Crippen molar-refractivity contribution in [2.45, 2.75) is 11.0 Å². The van der Waals surface area contributed by atoms with Crippen LogP contribution in [0.15, 0.2) is 35.5 Å². The van der Waals surface area contributed by atoms with Gasteiger partial charge in [0.25, 0.3) is 0 Å². The third kappa shape index (κ3) is 2.41. The number of sulfone groups is 1. The van der Waals surface area contributed by atoms with Gasteiger partial charge in [-0.3, -0.25) is 4.98 Å². The molecule has 0 bridgehead atoms. The molecule has 1 aliphatic heterocycles. The molecule has 0 amide bonds. The summed E-state index contributed by atoms with van der Waals surface area (Å²) in [6.45, 7) is 0. The maximum absolute atomic E-state index is 11.9. The van der Waals surface area contributed by atoms with Gasteiger partial charge in [-0.25, -0.2) is 8.42 Å². The molecule has 22 heavy (non-hydrogen) atoms. The molecule has 1 aromatic heterocycles. The lowest BCUT2D eigenvalue weighted by Gasteiger charge is -2.11. The lowest BCUT2D eigenvalue weighted by atomic mass is 10.0. The number of benzene rings is 1. The molecule has 6 nitrogen and oxygen atoms in total. The fourth-order valence-corrected chi connectivity index (χ4v) is 4.11. The molecule has 0 spiro atoms. The summed E-state index contributed by atoms with van der Waals surface area (Å²) in [7, 11) is -3.57. The van der Waals surface area contributed by atoms with Gasteiger partial charge in [0.1, 0.15) is 23.1 Å². The second kappa shape index (κ2) is 5.25. The summed E-state index contributed by atoms with van der Waals surface area (Å²) in [6.07, 6.45) is 1.60. The number of halogens is 1. The van der Waals surface area contributed by atoms with E-state index >= 15 is 0 Å². The fourth-order valence-electron chi connectivity index (χ4n) is 2.34. The van der Waals surface area contributed by atoms with E-state index in [0.717, 1.165) is 0 Å². The summed E-state index contributed by atoms with van der Waals surface area (Å²) in [4.78, 5) is 3.83. The highest BCUT2D eigenvalue weighted by Gasteiger charge is 2.37. The minimum atomic E-state index is -3.57. The molecule has 1 aromatic carbocycles. The molecule has 112 valence electrons. The quantitative estimate of drug-likeness (QED) is 0.902. The number of aliphatic hydroxyl groups excluding tert-OH is 1. The van der Waals surface area contributed by atoms with Crippen molar-refractivity contribution in [3.05, 3.63) is 46.7 Å². The highest BCUT2D eigenvalue weighted by atomic mass is 35.5. The molecule has 0 saturated carbocycles. The molecule has 1 N–H and O–H groups in total. The zero-order valence-electron chi connectivity index (χ0n) is 11.0. The van der Waals surface area contributed by atoms with Crippen molar-refractivity contribution in [1.82, 2.24) is 4.98 Å². The van der Waals surface area contributed by atoms with Crippen LogP contribution in [0.2, 0.25) is 5.02 Å². The molecule has 0 fully saturated rings. The number of aromatic nitrogens is 1. The molecule has 2 aromatic rings. The second-order valence-corrected chi connectivity index (χ2v) is 7.14. The number of nitrogens with zero attached hydrogens (tertiary/aromatic N) is 2. The first kappa shape index (κ1) is 14.8. The van der Waals surface area contributed by atoms with Crippen molar-refractivity contribution in [3.8, 4) is 17.6 Å². The van der Waals surface area contributed by atoms with Crippen LogP contribution in [0.3, 0.4) is 0 Å². The SMILES string of the molecule is N#Cc1c(Oc2cncc(Cl)c2)ccc2c1[C@@H](O)CS2(=O)=O. The van der Waals surface area contributed by atoms with E-state index in [1.54, 1.807) is 0 Å². The first-order valence-electron chi connectivity index (χ1n) is 6.18. The van der Waals surface area contributed by atoms with Gasteiger partial charge in [-0.2, -0.15) is 5.26 Å². The largest absolute Gasteiger partial charge is 0.454 e. The van der Waals surface area contributed by atoms with E-state index < -0.39 is 21.7 Å². The Hall–Kier alpha value is -2.14. The molecule has 8 heteroatoms. The van der Waals surface area contributed by atoms with Crippen molar-refractivity contribution < 1.29 is 18.3 Å². The van der Waals surface area contributed by atoms with Crippen LogP contribution in [-0.4, -0.2) is 24.3 Å². The van der Waals surface area contributed by atoms with Gasteiger partial charge in [-0.05, 0) is 12.1 Å². The van der Waals surface area contributed by atoms with E-state index in [0.29, 0.717) is 10.8 Å². The van der Waals surface area contributed by atoms with Crippen LogP contribution >= 0.6 is 11.6 Å². The minimum Gasteiger partial charge on any atom is -0.454 e. The van der Waals surface area contributed by atoms with Gasteiger partial charge in [0, 0.05) is 17.8 Å². The van der Waals surface area contributed by atoms with Crippen LogP contribution in [0.4, 0.5) is 0 Å². The number of hydrogen-bond acceptors (Lipinski definition) is 6. The Morgan fingerprint density at radius 3 is 2.86 bits per heavy atom. The molecule has 0 unspecified atom stereocenters. The Labute approximate surface area is 131 Å². The lowest BCUT2D eigenvalue weighted by molar-refractivity contribution is 0.203. The maximum Gasteiger partial charge on any atom is 0.181 e. The third-order valence-corrected chi connectivity index (χ3v) is 5.22. The van der Waals surface area contributed by atoms with E-state index in [1.165, 1.54) is 30.6 Å². The first-order chi connectivity index (χ1) is 10.4. The number of fused-ring (bicyclic) bond motifs is 1. The topological polar surface area (TPSA) is 100 Å². The van der Waals surface area contributed by atoms with E-state index in [-0.39, 0.29) is 21.8 Å². The van der Waals surface area contributed by atoms with Crippen molar-refractivity contribution >= 4 is 21.4 Å². The summed E-state index contributed by atoms with van der Waals surface area (Å²) in [5, 5.41) is 19.6. The maximum atomic E-state index is 11.9. The zero-order valence-corrected chi connectivity index (χ0v) is 12.6. The molecule has 1 atom stereocenters. The molecule has 1 aliphatic rings. The van der Waals surface area contributed by atoms with Crippen molar-refractivity contribution in [3.63, 3.8) is 0 Å². The normalized spacial score (nSPS) is 18.5. The average Bonchev–Trinajstić information content (AvgIpc) is 2.68. The van der Waals surface area contributed by atoms with Gasteiger partial charge in [-0.15, -0.1) is 0 Å². The Morgan fingerprint density at radius 1 is 1.41 bits per heavy atom. The molecular weight excluding hydrogens is 328 g/mol. The molecule has 0 radical (unpaired) electrons. The van der Waals surface area contributed by atoms with Gasteiger partial charge < -0.3 is 9.84 Å². The monoisotopic (exact) mass is 336 g/mol. The van der Waals surface area contributed by atoms with Crippen LogP contribution in [0.1, 0.15) is 17.2 Å². The number of pyridine rings is 1. The molecule has 3 rings (SSSR count). The highest BCUT2D eigenvalue weighted by Crippen LogP contribution is 2.40. The van der Waals surface area contributed by atoms with Crippen LogP contribution < -0.4 is 4.74 Å². The molecule has 0 aliphatic carbocycles. The Bertz CT molecular complexity index is 906. The van der Waals surface area contributed by atoms with Crippen molar-refractivity contribution in [2.75, 3.05) is 5.75 Å². The summed E-state index contributed by atoms with van der Waals surface area (Å²) >= 11 is 5.81. The van der Waals surface area contributed by atoms with E-state index in [1.807, 2.05) is 6.07 Å².